The molecule has 6 heteroatoms. The smallest absolute Gasteiger partial charge is 0.213 e. The second kappa shape index (κ2) is 5.31. The van der Waals surface area contributed by atoms with E-state index in [9.17, 15) is 4.39 Å². The van der Waals surface area contributed by atoms with Gasteiger partial charge in [0.05, 0.1) is 23.4 Å². The monoisotopic (exact) mass is 305 g/mol. The van der Waals surface area contributed by atoms with E-state index in [0.717, 1.165) is 0 Å². The van der Waals surface area contributed by atoms with Gasteiger partial charge >= 0.3 is 0 Å². The Morgan fingerprint density at radius 3 is 2.50 bits per heavy atom. The van der Waals surface area contributed by atoms with Crippen LogP contribution in [-0.2, 0) is 0 Å². The van der Waals surface area contributed by atoms with Crippen LogP contribution in [0.5, 0.6) is 5.75 Å². The van der Waals surface area contributed by atoms with Crippen LogP contribution in [0.4, 0.5) is 4.39 Å². The summed E-state index contributed by atoms with van der Waals surface area (Å²) in [7, 11) is 1.46. The number of methoxy groups -OCH3 is 1. The van der Waals surface area contributed by atoms with Gasteiger partial charge in [0.15, 0.2) is 0 Å². The first-order valence-electron chi connectivity index (χ1n) is 4.87. The standard InChI is InChI=1S/C12H7Cl3FNO/c1-18-10-5-17-11(16)4-7(10)8-2-6(13)3-9(14)12(8)15/h2-5H,1H3. The first kappa shape index (κ1) is 13.4. The van der Waals surface area contributed by atoms with Crippen LogP contribution in [0.3, 0.4) is 0 Å². The molecule has 0 amide bonds. The highest BCUT2D eigenvalue weighted by atomic mass is 35.5. The summed E-state index contributed by atoms with van der Waals surface area (Å²) in [6, 6.07) is 4.32. The molecule has 94 valence electrons. The molecule has 2 aromatic rings. The zero-order valence-corrected chi connectivity index (χ0v) is 11.4. The van der Waals surface area contributed by atoms with E-state index in [4.69, 9.17) is 39.5 Å². The van der Waals surface area contributed by atoms with E-state index in [1.165, 1.54) is 25.4 Å². The molecule has 0 spiro atoms. The maximum absolute atomic E-state index is 13.2. The maximum atomic E-state index is 13.2. The number of pyridine rings is 1. The van der Waals surface area contributed by atoms with E-state index in [0.29, 0.717) is 26.9 Å². The van der Waals surface area contributed by atoms with Crippen LogP contribution in [0.2, 0.25) is 15.1 Å². The van der Waals surface area contributed by atoms with Crippen molar-refractivity contribution in [2.75, 3.05) is 7.11 Å². The molecule has 0 aliphatic rings. The van der Waals surface area contributed by atoms with Crippen LogP contribution in [0, 0.1) is 5.95 Å². The average molecular weight is 307 g/mol. The molecule has 1 aromatic carbocycles. The number of benzene rings is 1. The number of halogens is 4. The van der Waals surface area contributed by atoms with E-state index in [1.54, 1.807) is 6.07 Å². The van der Waals surface area contributed by atoms with E-state index >= 15 is 0 Å². The predicted octanol–water partition coefficient (Wildman–Crippen LogP) is 4.86. The van der Waals surface area contributed by atoms with Gasteiger partial charge in [-0.3, -0.25) is 0 Å². The molecule has 0 bridgehead atoms. The summed E-state index contributed by atoms with van der Waals surface area (Å²) in [6.07, 6.45) is 1.27. The Bertz CT molecular complexity index is 604. The average Bonchev–Trinajstić information content (AvgIpc) is 2.33. The molecule has 2 nitrogen and oxygen atoms in total. The van der Waals surface area contributed by atoms with Gasteiger partial charge in [0.2, 0.25) is 5.95 Å². The van der Waals surface area contributed by atoms with Crippen LogP contribution >= 0.6 is 34.8 Å². The lowest BCUT2D eigenvalue weighted by Crippen LogP contribution is -1.93. The number of hydrogen-bond acceptors (Lipinski definition) is 2. The molecule has 0 aliphatic heterocycles. The SMILES string of the molecule is COc1cnc(F)cc1-c1cc(Cl)cc(Cl)c1Cl. The summed E-state index contributed by atoms with van der Waals surface area (Å²) in [4.78, 5) is 3.51. The van der Waals surface area contributed by atoms with Crippen LogP contribution < -0.4 is 4.74 Å². The number of ether oxygens (including phenoxy) is 1. The van der Waals surface area contributed by atoms with Crippen molar-refractivity contribution in [3.05, 3.63) is 45.4 Å². The largest absolute Gasteiger partial charge is 0.494 e. The number of nitrogens with zero attached hydrogens (tertiary/aromatic N) is 1. The quantitative estimate of drug-likeness (QED) is 0.584. The van der Waals surface area contributed by atoms with Crippen molar-refractivity contribution >= 4 is 34.8 Å². The minimum Gasteiger partial charge on any atom is -0.494 e. The van der Waals surface area contributed by atoms with Crippen LogP contribution in [-0.4, -0.2) is 12.1 Å². The van der Waals surface area contributed by atoms with Crippen molar-refractivity contribution < 1.29 is 9.13 Å². The second-order valence-corrected chi connectivity index (χ2v) is 4.68. The molecule has 0 saturated carbocycles. The van der Waals surface area contributed by atoms with E-state index in [-0.39, 0.29) is 5.02 Å². The molecule has 0 aliphatic carbocycles. The Labute approximate surface area is 118 Å². The van der Waals surface area contributed by atoms with Gasteiger partial charge < -0.3 is 4.74 Å². The second-order valence-electron chi connectivity index (χ2n) is 3.46. The number of aromatic nitrogens is 1. The minimum absolute atomic E-state index is 0.282. The van der Waals surface area contributed by atoms with Crippen LogP contribution in [0.15, 0.2) is 24.4 Å². The third-order valence-electron chi connectivity index (χ3n) is 2.34. The molecule has 0 saturated heterocycles. The molecular weight excluding hydrogens is 299 g/mol. The zero-order chi connectivity index (χ0) is 13.3. The number of rotatable bonds is 2. The van der Waals surface area contributed by atoms with Crippen LogP contribution in [0.25, 0.3) is 11.1 Å². The Kier molecular flexibility index (Phi) is 3.95. The summed E-state index contributed by atoms with van der Waals surface area (Å²) in [5, 5.41) is 0.974. The number of hydrogen-bond donors (Lipinski definition) is 0. The van der Waals surface area contributed by atoms with Crippen molar-refractivity contribution in [2.45, 2.75) is 0 Å². The van der Waals surface area contributed by atoms with Crippen molar-refractivity contribution in [1.82, 2.24) is 4.98 Å². The minimum atomic E-state index is -0.641. The maximum Gasteiger partial charge on any atom is 0.213 e. The summed E-state index contributed by atoms with van der Waals surface area (Å²) >= 11 is 17.9. The van der Waals surface area contributed by atoms with E-state index in [1.807, 2.05) is 0 Å². The van der Waals surface area contributed by atoms with Gasteiger partial charge in [0, 0.05) is 22.2 Å². The molecule has 1 aromatic heterocycles. The molecule has 0 N–H and O–H groups in total. The lowest BCUT2D eigenvalue weighted by Gasteiger charge is -2.11. The third-order valence-corrected chi connectivity index (χ3v) is 3.36. The lowest BCUT2D eigenvalue weighted by atomic mass is 10.1. The normalized spacial score (nSPS) is 10.5. The van der Waals surface area contributed by atoms with Gasteiger partial charge in [-0.15, -0.1) is 0 Å². The van der Waals surface area contributed by atoms with Gasteiger partial charge in [-0.25, -0.2) is 4.98 Å². The van der Waals surface area contributed by atoms with Gasteiger partial charge in [0.1, 0.15) is 5.75 Å². The summed E-state index contributed by atoms with van der Waals surface area (Å²) in [5.41, 5.74) is 0.937. The van der Waals surface area contributed by atoms with Gasteiger partial charge in [-0.2, -0.15) is 4.39 Å². The Hall–Kier alpha value is -1.03. The van der Waals surface area contributed by atoms with Gasteiger partial charge in [-0.1, -0.05) is 34.8 Å². The van der Waals surface area contributed by atoms with Gasteiger partial charge in [-0.05, 0) is 12.1 Å². The molecule has 2 rings (SSSR count). The summed E-state index contributed by atoms with van der Waals surface area (Å²) in [5.74, 6) is -0.255. The van der Waals surface area contributed by atoms with Crippen molar-refractivity contribution in [1.29, 1.82) is 0 Å². The Balaban J connectivity index is 2.72. The molecule has 0 radical (unpaired) electrons. The lowest BCUT2D eigenvalue weighted by molar-refractivity contribution is 0.412. The zero-order valence-electron chi connectivity index (χ0n) is 9.18. The third kappa shape index (κ3) is 2.53. The highest BCUT2D eigenvalue weighted by Gasteiger charge is 2.14. The predicted molar refractivity (Wildman–Crippen MR) is 71.2 cm³/mol. The summed E-state index contributed by atoms with van der Waals surface area (Å²) in [6.45, 7) is 0. The molecule has 0 unspecified atom stereocenters. The van der Waals surface area contributed by atoms with E-state index in [2.05, 4.69) is 4.98 Å². The van der Waals surface area contributed by atoms with Crippen molar-refractivity contribution in [2.24, 2.45) is 0 Å². The van der Waals surface area contributed by atoms with Crippen molar-refractivity contribution in [3.8, 4) is 16.9 Å². The molecular formula is C12H7Cl3FNO. The fourth-order valence-electron chi connectivity index (χ4n) is 1.54. The van der Waals surface area contributed by atoms with Crippen molar-refractivity contribution in [3.63, 3.8) is 0 Å². The molecule has 0 atom stereocenters. The fourth-order valence-corrected chi connectivity index (χ4v) is 2.25. The topological polar surface area (TPSA) is 22.1 Å². The first-order chi connectivity index (χ1) is 8.52. The molecule has 0 fully saturated rings. The van der Waals surface area contributed by atoms with Gasteiger partial charge in [0.25, 0.3) is 0 Å². The summed E-state index contributed by atoms with van der Waals surface area (Å²) < 4.78 is 18.3. The van der Waals surface area contributed by atoms with E-state index < -0.39 is 5.95 Å². The highest BCUT2D eigenvalue weighted by molar-refractivity contribution is 6.45. The molecule has 18 heavy (non-hydrogen) atoms. The first-order valence-corrected chi connectivity index (χ1v) is 6.00. The Morgan fingerprint density at radius 1 is 1.11 bits per heavy atom. The fraction of sp³-hybridized carbons (Fsp3) is 0.0833. The van der Waals surface area contributed by atoms with Crippen LogP contribution in [0.1, 0.15) is 0 Å². The molecule has 1 heterocycles. The Morgan fingerprint density at radius 2 is 1.83 bits per heavy atom. The highest BCUT2D eigenvalue weighted by Crippen LogP contribution is 2.40.